The zero-order chi connectivity index (χ0) is 14.7. The smallest absolute Gasteiger partial charge is 0.338 e. The van der Waals surface area contributed by atoms with Crippen molar-refractivity contribution in [2.45, 2.75) is 45.3 Å². The average molecular weight is 289 g/mol. The highest BCUT2D eigenvalue weighted by Crippen LogP contribution is 2.25. The van der Waals surface area contributed by atoms with Gasteiger partial charge in [0.2, 0.25) is 0 Å². The number of hydrogen-bond acceptors (Lipinski definition) is 4. The summed E-state index contributed by atoms with van der Waals surface area (Å²) >= 11 is 0. The molecule has 1 aromatic rings. The molecule has 0 amide bonds. The van der Waals surface area contributed by atoms with Gasteiger partial charge in [0.1, 0.15) is 12.4 Å². The molecular formula is C17H23NO3. The minimum atomic E-state index is -0.225. The van der Waals surface area contributed by atoms with Crippen LogP contribution < -0.4 is 4.74 Å². The Morgan fingerprint density at radius 1 is 1.38 bits per heavy atom. The van der Waals surface area contributed by atoms with E-state index in [0.29, 0.717) is 18.2 Å². The van der Waals surface area contributed by atoms with Crippen molar-refractivity contribution in [2.75, 3.05) is 19.7 Å². The van der Waals surface area contributed by atoms with Gasteiger partial charge >= 0.3 is 5.97 Å². The maximum Gasteiger partial charge on any atom is 0.338 e. The lowest BCUT2D eigenvalue weighted by molar-refractivity contribution is 0.0535. The molecule has 1 aromatic carbocycles. The van der Waals surface area contributed by atoms with Crippen LogP contribution in [0.2, 0.25) is 0 Å². The zero-order valence-electron chi connectivity index (χ0n) is 12.6. The first kappa shape index (κ1) is 14.4. The van der Waals surface area contributed by atoms with Gasteiger partial charge in [0.05, 0.1) is 12.2 Å². The van der Waals surface area contributed by atoms with Gasteiger partial charge in [-0.25, -0.2) is 4.79 Å². The van der Waals surface area contributed by atoms with Crippen LogP contribution in [0.4, 0.5) is 0 Å². The molecule has 2 heterocycles. The predicted octanol–water partition coefficient (Wildman–Crippen LogP) is 3.00. The minimum absolute atomic E-state index is 0.225. The number of hydrogen-bond donors (Lipinski definition) is 0. The van der Waals surface area contributed by atoms with Gasteiger partial charge < -0.3 is 14.4 Å². The van der Waals surface area contributed by atoms with E-state index < -0.39 is 0 Å². The molecule has 114 valence electrons. The number of piperidine rings is 1. The number of esters is 1. The summed E-state index contributed by atoms with van der Waals surface area (Å²) in [4.78, 5) is 14.0. The van der Waals surface area contributed by atoms with Gasteiger partial charge in [0.15, 0.2) is 0 Å². The van der Waals surface area contributed by atoms with Crippen molar-refractivity contribution in [3.63, 3.8) is 0 Å². The topological polar surface area (TPSA) is 38.8 Å². The second-order valence-electron chi connectivity index (χ2n) is 5.81. The van der Waals surface area contributed by atoms with Gasteiger partial charge in [-0.15, -0.1) is 0 Å². The number of fused-ring (bicyclic) bond motifs is 1. The lowest BCUT2D eigenvalue weighted by Crippen LogP contribution is -2.40. The molecule has 1 atom stereocenters. The first-order chi connectivity index (χ1) is 10.3. The summed E-state index contributed by atoms with van der Waals surface area (Å²) in [6.45, 7) is 5.69. The Kier molecular flexibility index (Phi) is 4.44. The number of cyclic esters (lactones) is 1. The molecule has 4 heteroatoms. The largest absolute Gasteiger partial charge is 0.494 e. The van der Waals surface area contributed by atoms with Crippen LogP contribution in [0.1, 0.15) is 48.5 Å². The molecule has 0 aromatic heterocycles. The van der Waals surface area contributed by atoms with Crippen LogP contribution in [0.15, 0.2) is 18.2 Å². The normalized spacial score (nSPS) is 22.0. The minimum Gasteiger partial charge on any atom is -0.494 e. The maximum atomic E-state index is 11.4. The first-order valence-corrected chi connectivity index (χ1v) is 7.95. The van der Waals surface area contributed by atoms with E-state index in [2.05, 4.69) is 11.8 Å². The van der Waals surface area contributed by atoms with E-state index in [4.69, 9.17) is 9.47 Å². The second-order valence-corrected chi connectivity index (χ2v) is 5.81. The quantitative estimate of drug-likeness (QED) is 0.781. The summed E-state index contributed by atoms with van der Waals surface area (Å²) in [6, 6.07) is 6.25. The standard InChI is InChI=1S/C17H23NO3/c1-2-18-9-4-3-5-14(18)8-10-20-15-6-7-16-13(11-15)12-21-17(16)19/h6-7,11,14H,2-5,8-10,12H2,1H3. The summed E-state index contributed by atoms with van der Waals surface area (Å²) in [7, 11) is 0. The summed E-state index contributed by atoms with van der Waals surface area (Å²) in [5.74, 6) is 0.614. The fourth-order valence-electron chi connectivity index (χ4n) is 3.32. The zero-order valence-corrected chi connectivity index (χ0v) is 12.6. The van der Waals surface area contributed by atoms with E-state index in [9.17, 15) is 4.79 Å². The van der Waals surface area contributed by atoms with E-state index in [1.807, 2.05) is 12.1 Å². The van der Waals surface area contributed by atoms with Crippen molar-refractivity contribution < 1.29 is 14.3 Å². The number of carbonyl (C=O) groups excluding carboxylic acids is 1. The van der Waals surface area contributed by atoms with Crippen molar-refractivity contribution in [3.05, 3.63) is 29.3 Å². The van der Waals surface area contributed by atoms with Crippen LogP contribution >= 0.6 is 0 Å². The Morgan fingerprint density at radius 3 is 3.14 bits per heavy atom. The van der Waals surface area contributed by atoms with E-state index in [-0.39, 0.29) is 5.97 Å². The highest BCUT2D eigenvalue weighted by molar-refractivity contribution is 5.93. The van der Waals surface area contributed by atoms with Gasteiger partial charge in [0.25, 0.3) is 0 Å². The SMILES string of the molecule is CCN1CCCCC1CCOc1ccc2c(c1)COC2=O. The van der Waals surface area contributed by atoms with Crippen molar-refractivity contribution in [2.24, 2.45) is 0 Å². The van der Waals surface area contributed by atoms with E-state index >= 15 is 0 Å². The molecular weight excluding hydrogens is 266 g/mol. The molecule has 0 saturated carbocycles. The Balaban J connectivity index is 1.52. The molecule has 1 saturated heterocycles. The second kappa shape index (κ2) is 6.48. The van der Waals surface area contributed by atoms with E-state index in [1.165, 1.54) is 25.8 Å². The molecule has 0 radical (unpaired) electrons. The number of likely N-dealkylation sites (tertiary alicyclic amines) is 1. The van der Waals surface area contributed by atoms with Crippen LogP contribution in [0.3, 0.4) is 0 Å². The van der Waals surface area contributed by atoms with Crippen LogP contribution in [-0.4, -0.2) is 36.6 Å². The summed E-state index contributed by atoms with van der Waals surface area (Å²) in [6.07, 6.45) is 5.01. The Labute approximate surface area is 126 Å². The number of rotatable bonds is 5. The number of ether oxygens (including phenoxy) is 2. The maximum absolute atomic E-state index is 11.4. The number of carbonyl (C=O) groups is 1. The van der Waals surface area contributed by atoms with Gasteiger partial charge in [-0.3, -0.25) is 0 Å². The molecule has 0 aliphatic carbocycles. The highest BCUT2D eigenvalue weighted by atomic mass is 16.5. The van der Waals surface area contributed by atoms with Crippen molar-refractivity contribution in [3.8, 4) is 5.75 Å². The highest BCUT2D eigenvalue weighted by Gasteiger charge is 2.22. The van der Waals surface area contributed by atoms with Crippen molar-refractivity contribution >= 4 is 5.97 Å². The molecule has 2 aliphatic heterocycles. The summed E-state index contributed by atoms with van der Waals surface area (Å²) in [5.41, 5.74) is 1.61. The Bertz CT molecular complexity index is 515. The van der Waals surface area contributed by atoms with Crippen LogP contribution in [0.5, 0.6) is 5.75 Å². The molecule has 1 unspecified atom stereocenters. The van der Waals surface area contributed by atoms with Crippen LogP contribution in [0, 0.1) is 0 Å². The van der Waals surface area contributed by atoms with Gasteiger partial charge in [-0.05, 0) is 50.6 Å². The molecule has 0 spiro atoms. The fourth-order valence-corrected chi connectivity index (χ4v) is 3.32. The lowest BCUT2D eigenvalue weighted by atomic mass is 10.00. The summed E-state index contributed by atoms with van der Waals surface area (Å²) in [5, 5.41) is 0. The van der Waals surface area contributed by atoms with Crippen molar-refractivity contribution in [1.29, 1.82) is 0 Å². The third-order valence-electron chi connectivity index (χ3n) is 4.53. The molecule has 0 bridgehead atoms. The molecule has 3 rings (SSSR count). The van der Waals surface area contributed by atoms with Crippen molar-refractivity contribution in [1.82, 2.24) is 4.90 Å². The number of nitrogens with zero attached hydrogens (tertiary/aromatic N) is 1. The molecule has 21 heavy (non-hydrogen) atoms. The lowest BCUT2D eigenvalue weighted by Gasteiger charge is -2.34. The number of benzene rings is 1. The third kappa shape index (κ3) is 3.21. The Hall–Kier alpha value is -1.55. The van der Waals surface area contributed by atoms with Crippen LogP contribution in [0.25, 0.3) is 0 Å². The van der Waals surface area contributed by atoms with Gasteiger partial charge in [-0.2, -0.15) is 0 Å². The third-order valence-corrected chi connectivity index (χ3v) is 4.53. The average Bonchev–Trinajstić information content (AvgIpc) is 2.89. The summed E-state index contributed by atoms with van der Waals surface area (Å²) < 4.78 is 10.9. The fraction of sp³-hybridized carbons (Fsp3) is 0.588. The van der Waals surface area contributed by atoms with Crippen LogP contribution in [-0.2, 0) is 11.3 Å². The molecule has 2 aliphatic rings. The monoisotopic (exact) mass is 289 g/mol. The van der Waals surface area contributed by atoms with E-state index in [0.717, 1.165) is 30.9 Å². The predicted molar refractivity (Wildman–Crippen MR) is 80.6 cm³/mol. The Morgan fingerprint density at radius 2 is 2.29 bits per heavy atom. The van der Waals surface area contributed by atoms with Gasteiger partial charge in [0, 0.05) is 11.6 Å². The molecule has 0 N–H and O–H groups in total. The molecule has 4 nitrogen and oxygen atoms in total. The van der Waals surface area contributed by atoms with Gasteiger partial charge in [-0.1, -0.05) is 13.3 Å². The van der Waals surface area contributed by atoms with E-state index in [1.54, 1.807) is 6.07 Å². The first-order valence-electron chi connectivity index (χ1n) is 7.95. The molecule has 1 fully saturated rings.